The molecule has 0 bridgehead atoms. The fraction of sp³-hybridized carbons (Fsp3) is 0.364. The molecule has 0 fully saturated rings. The van der Waals surface area contributed by atoms with E-state index in [9.17, 15) is 9.59 Å². The van der Waals surface area contributed by atoms with Crippen molar-refractivity contribution < 1.29 is 14.3 Å². The number of benzene rings is 2. The molecule has 27 heavy (non-hydrogen) atoms. The van der Waals surface area contributed by atoms with Crippen molar-refractivity contribution >= 4 is 11.8 Å². The third-order valence-corrected chi connectivity index (χ3v) is 3.88. The van der Waals surface area contributed by atoms with E-state index in [1.807, 2.05) is 63.2 Å². The molecule has 0 aromatic heterocycles. The topological polar surface area (TPSA) is 58.6 Å². The first-order valence-corrected chi connectivity index (χ1v) is 9.04. The van der Waals surface area contributed by atoms with Crippen molar-refractivity contribution in [1.82, 2.24) is 10.2 Å². The van der Waals surface area contributed by atoms with Gasteiger partial charge in [0, 0.05) is 19.0 Å². The van der Waals surface area contributed by atoms with E-state index in [4.69, 9.17) is 4.74 Å². The van der Waals surface area contributed by atoms with Crippen molar-refractivity contribution in [2.45, 2.75) is 32.7 Å². The lowest BCUT2D eigenvalue weighted by atomic mass is 10.0. The van der Waals surface area contributed by atoms with Crippen molar-refractivity contribution in [3.63, 3.8) is 0 Å². The van der Waals surface area contributed by atoms with Crippen LogP contribution in [0.5, 0.6) is 5.75 Å². The number of nitrogens with zero attached hydrogens (tertiary/aromatic N) is 1. The molecule has 2 aromatic carbocycles. The van der Waals surface area contributed by atoms with Crippen LogP contribution in [0.15, 0.2) is 54.6 Å². The van der Waals surface area contributed by atoms with Gasteiger partial charge in [0.05, 0.1) is 6.54 Å². The van der Waals surface area contributed by atoms with E-state index in [1.165, 1.54) is 10.5 Å². The molecule has 0 saturated heterocycles. The summed E-state index contributed by atoms with van der Waals surface area (Å²) in [6.45, 7) is 5.61. The lowest BCUT2D eigenvalue weighted by Crippen LogP contribution is -2.47. The van der Waals surface area contributed by atoms with Gasteiger partial charge in [-0.2, -0.15) is 0 Å². The second-order valence-corrected chi connectivity index (χ2v) is 7.61. The Morgan fingerprint density at radius 2 is 1.63 bits per heavy atom. The highest BCUT2D eigenvalue weighted by Crippen LogP contribution is 2.21. The second-order valence-electron chi connectivity index (χ2n) is 7.61. The maximum Gasteiger partial charge on any atom is 0.260 e. The molecule has 0 saturated carbocycles. The first kappa shape index (κ1) is 20.5. The predicted octanol–water partition coefficient (Wildman–Crippen LogP) is 3.03. The number of carbonyl (C=O) groups excluding carboxylic acids is 2. The van der Waals surface area contributed by atoms with E-state index in [0.717, 1.165) is 12.0 Å². The molecule has 0 atom stereocenters. The summed E-state index contributed by atoms with van der Waals surface area (Å²) in [5.41, 5.74) is 1.87. The molecule has 0 spiro atoms. The number of nitrogens with one attached hydrogen (secondary N) is 1. The normalized spacial score (nSPS) is 11.0. The zero-order valence-electron chi connectivity index (χ0n) is 16.5. The van der Waals surface area contributed by atoms with Gasteiger partial charge < -0.3 is 15.0 Å². The number of likely N-dealkylation sites (N-methyl/N-ethyl adjacent to an activating group) is 1. The Labute approximate surface area is 161 Å². The van der Waals surface area contributed by atoms with Crippen molar-refractivity contribution in [1.29, 1.82) is 0 Å². The van der Waals surface area contributed by atoms with Gasteiger partial charge in [0.25, 0.3) is 5.91 Å². The standard InChI is InChI=1S/C22H28N2O3/c1-22(2,3)23-20(25)15-24(4)21(26)16-27-19-13-9-8-12-18(19)14-17-10-6-5-7-11-17/h5-13H,14-16H2,1-4H3,(H,23,25). The van der Waals surface area contributed by atoms with Crippen LogP contribution in [0.4, 0.5) is 0 Å². The monoisotopic (exact) mass is 368 g/mol. The highest BCUT2D eigenvalue weighted by molar-refractivity contribution is 5.85. The Kier molecular flexibility index (Phi) is 6.99. The number of ether oxygens (including phenoxy) is 1. The highest BCUT2D eigenvalue weighted by Gasteiger charge is 2.18. The first-order valence-electron chi connectivity index (χ1n) is 9.04. The Bertz CT molecular complexity index is 767. The van der Waals surface area contributed by atoms with E-state index in [2.05, 4.69) is 17.4 Å². The Balaban J connectivity index is 1.92. The van der Waals surface area contributed by atoms with Gasteiger partial charge in [-0.3, -0.25) is 9.59 Å². The molecular weight excluding hydrogens is 340 g/mol. The van der Waals surface area contributed by atoms with Crippen molar-refractivity contribution in [2.75, 3.05) is 20.2 Å². The molecule has 0 aliphatic carbocycles. The fourth-order valence-corrected chi connectivity index (χ4v) is 2.62. The molecule has 5 nitrogen and oxygen atoms in total. The SMILES string of the molecule is CN(CC(=O)NC(C)(C)C)C(=O)COc1ccccc1Cc1ccccc1. The molecule has 2 rings (SSSR count). The van der Waals surface area contributed by atoms with Gasteiger partial charge in [0.15, 0.2) is 6.61 Å². The fourth-order valence-electron chi connectivity index (χ4n) is 2.62. The Morgan fingerprint density at radius 3 is 2.30 bits per heavy atom. The van der Waals surface area contributed by atoms with Gasteiger partial charge in [-0.15, -0.1) is 0 Å². The summed E-state index contributed by atoms with van der Waals surface area (Å²) in [6.07, 6.45) is 0.731. The predicted molar refractivity (Wildman–Crippen MR) is 107 cm³/mol. The number of carbonyl (C=O) groups is 2. The molecule has 144 valence electrons. The maximum absolute atomic E-state index is 12.3. The summed E-state index contributed by atoms with van der Waals surface area (Å²) in [5, 5.41) is 2.84. The molecule has 0 radical (unpaired) electrons. The lowest BCUT2D eigenvalue weighted by molar-refractivity contribution is -0.136. The van der Waals surface area contributed by atoms with Gasteiger partial charge in [-0.25, -0.2) is 0 Å². The van der Waals surface area contributed by atoms with Crippen LogP contribution >= 0.6 is 0 Å². The van der Waals surface area contributed by atoms with Gasteiger partial charge in [0.2, 0.25) is 5.91 Å². The van der Waals surface area contributed by atoms with Gasteiger partial charge in [-0.1, -0.05) is 48.5 Å². The van der Waals surface area contributed by atoms with Crippen molar-refractivity contribution in [3.8, 4) is 5.75 Å². The molecule has 2 amide bonds. The number of hydrogen-bond acceptors (Lipinski definition) is 3. The molecule has 1 N–H and O–H groups in total. The molecule has 0 aliphatic heterocycles. The molecule has 0 heterocycles. The minimum absolute atomic E-state index is 0.00508. The molecule has 2 aromatic rings. The van der Waals surface area contributed by atoms with Crippen LogP contribution in [-0.2, 0) is 16.0 Å². The molecule has 0 aliphatic rings. The second kappa shape index (κ2) is 9.21. The number of rotatable bonds is 7. The van der Waals surface area contributed by atoms with Gasteiger partial charge in [-0.05, 0) is 38.0 Å². The van der Waals surface area contributed by atoms with Crippen molar-refractivity contribution in [2.24, 2.45) is 0 Å². The average Bonchev–Trinajstić information content (AvgIpc) is 2.60. The number of para-hydroxylation sites is 1. The van der Waals surface area contributed by atoms with Crippen LogP contribution in [0.2, 0.25) is 0 Å². The summed E-state index contributed by atoms with van der Waals surface area (Å²) in [6, 6.07) is 17.8. The third kappa shape index (κ3) is 7.13. The Hall–Kier alpha value is -2.82. The third-order valence-electron chi connectivity index (χ3n) is 3.88. The van der Waals surface area contributed by atoms with Crippen LogP contribution in [0, 0.1) is 0 Å². The van der Waals surface area contributed by atoms with Crippen LogP contribution in [0.3, 0.4) is 0 Å². The van der Waals surface area contributed by atoms with Gasteiger partial charge in [0.1, 0.15) is 5.75 Å². The van der Waals surface area contributed by atoms with Crippen LogP contribution in [-0.4, -0.2) is 42.5 Å². The summed E-state index contributed by atoms with van der Waals surface area (Å²) in [4.78, 5) is 25.6. The van der Waals surface area contributed by atoms with Crippen LogP contribution in [0.1, 0.15) is 31.9 Å². The number of amides is 2. The summed E-state index contributed by atoms with van der Waals surface area (Å²) >= 11 is 0. The van der Waals surface area contributed by atoms with E-state index in [-0.39, 0.29) is 30.5 Å². The highest BCUT2D eigenvalue weighted by atomic mass is 16.5. The lowest BCUT2D eigenvalue weighted by Gasteiger charge is -2.23. The maximum atomic E-state index is 12.3. The quantitative estimate of drug-likeness (QED) is 0.817. The van der Waals surface area contributed by atoms with Gasteiger partial charge >= 0.3 is 0 Å². The molecule has 5 heteroatoms. The summed E-state index contributed by atoms with van der Waals surface area (Å²) in [5.74, 6) is 0.249. The first-order chi connectivity index (χ1) is 12.7. The minimum atomic E-state index is -0.326. The van der Waals surface area contributed by atoms with E-state index in [1.54, 1.807) is 7.05 Å². The molecular formula is C22H28N2O3. The average molecular weight is 368 g/mol. The number of hydrogen-bond donors (Lipinski definition) is 1. The summed E-state index contributed by atoms with van der Waals surface area (Å²) < 4.78 is 5.75. The zero-order chi connectivity index (χ0) is 19.9. The van der Waals surface area contributed by atoms with Crippen molar-refractivity contribution in [3.05, 3.63) is 65.7 Å². The minimum Gasteiger partial charge on any atom is -0.483 e. The zero-order valence-corrected chi connectivity index (χ0v) is 16.5. The van der Waals surface area contributed by atoms with Crippen LogP contribution < -0.4 is 10.1 Å². The largest absolute Gasteiger partial charge is 0.483 e. The van der Waals surface area contributed by atoms with E-state index < -0.39 is 0 Å². The van der Waals surface area contributed by atoms with Crippen LogP contribution in [0.25, 0.3) is 0 Å². The Morgan fingerprint density at radius 1 is 1.00 bits per heavy atom. The van der Waals surface area contributed by atoms with E-state index >= 15 is 0 Å². The molecule has 0 unspecified atom stereocenters. The smallest absolute Gasteiger partial charge is 0.260 e. The summed E-state index contributed by atoms with van der Waals surface area (Å²) in [7, 11) is 1.60. The van der Waals surface area contributed by atoms with E-state index in [0.29, 0.717) is 5.75 Å².